The molecule has 2 aliphatic carbocycles. The summed E-state index contributed by atoms with van der Waals surface area (Å²) in [6, 6.07) is 3.73. The fourth-order valence-electron chi connectivity index (χ4n) is 2.83. The van der Waals surface area contributed by atoms with E-state index >= 15 is 0 Å². The third kappa shape index (κ3) is 1.05. The number of ketones is 1. The molecule has 3 nitrogen and oxygen atoms in total. The molecule has 3 rings (SSSR count). The lowest BCUT2D eigenvalue weighted by atomic mass is 9.99. The molecule has 1 aromatic rings. The number of carbonyl (C=O) groups excluding carboxylic acids is 1. The molecule has 0 aliphatic heterocycles. The van der Waals surface area contributed by atoms with Crippen molar-refractivity contribution in [3.8, 4) is 6.07 Å². The van der Waals surface area contributed by atoms with Crippen LogP contribution in [0.5, 0.6) is 0 Å². The van der Waals surface area contributed by atoms with Gasteiger partial charge in [-0.2, -0.15) is 5.26 Å². The summed E-state index contributed by atoms with van der Waals surface area (Å²) in [7, 11) is 0. The summed E-state index contributed by atoms with van der Waals surface area (Å²) in [5.74, 6) is 0.693. The van der Waals surface area contributed by atoms with Gasteiger partial charge in [0.15, 0.2) is 5.78 Å². The molecule has 2 aliphatic rings. The van der Waals surface area contributed by atoms with Crippen molar-refractivity contribution in [1.29, 1.82) is 5.26 Å². The molecular weight excluding hydrogens is 188 g/mol. The predicted octanol–water partition coefficient (Wildman–Crippen LogP) is 2.03. The number of pyridine rings is 1. The summed E-state index contributed by atoms with van der Waals surface area (Å²) in [5.41, 5.74) is 2.12. The van der Waals surface area contributed by atoms with Gasteiger partial charge >= 0.3 is 0 Å². The number of Topliss-reactive ketones (excluding diaryl/α,β-unsaturated/α-hetero) is 1. The Morgan fingerprint density at radius 3 is 3.00 bits per heavy atom. The van der Waals surface area contributed by atoms with Crippen molar-refractivity contribution in [3.63, 3.8) is 0 Å². The zero-order chi connectivity index (χ0) is 10.4. The Labute approximate surface area is 87.7 Å². The van der Waals surface area contributed by atoms with Crippen LogP contribution in [0.2, 0.25) is 0 Å². The highest BCUT2D eigenvalue weighted by Gasteiger charge is 2.43. The summed E-state index contributed by atoms with van der Waals surface area (Å²) >= 11 is 0. The van der Waals surface area contributed by atoms with E-state index in [1.807, 2.05) is 6.07 Å². The largest absolute Gasteiger partial charge is 0.294 e. The molecule has 0 bridgehead atoms. The molecule has 15 heavy (non-hydrogen) atoms. The minimum Gasteiger partial charge on any atom is -0.294 e. The molecule has 0 amide bonds. The van der Waals surface area contributed by atoms with Crippen molar-refractivity contribution in [2.24, 2.45) is 5.92 Å². The lowest BCUT2D eigenvalue weighted by Crippen LogP contribution is -2.06. The molecule has 1 fully saturated rings. The lowest BCUT2D eigenvalue weighted by Gasteiger charge is -2.05. The molecule has 0 radical (unpaired) electrons. The topological polar surface area (TPSA) is 53.8 Å². The Kier molecular flexibility index (Phi) is 1.66. The van der Waals surface area contributed by atoms with Gasteiger partial charge in [-0.15, -0.1) is 0 Å². The van der Waals surface area contributed by atoms with Crippen LogP contribution in [-0.2, 0) is 0 Å². The third-order valence-corrected chi connectivity index (χ3v) is 3.52. The van der Waals surface area contributed by atoms with Gasteiger partial charge in [-0.25, -0.2) is 0 Å². The van der Waals surface area contributed by atoms with Crippen LogP contribution < -0.4 is 0 Å². The third-order valence-electron chi connectivity index (χ3n) is 3.52. The Hall–Kier alpha value is -1.69. The van der Waals surface area contributed by atoms with Crippen LogP contribution in [0.25, 0.3) is 0 Å². The maximum absolute atomic E-state index is 12.0. The fraction of sp³-hybridized carbons (Fsp3) is 0.417. The quantitative estimate of drug-likeness (QED) is 0.641. The van der Waals surface area contributed by atoms with E-state index < -0.39 is 0 Å². The van der Waals surface area contributed by atoms with E-state index in [1.165, 1.54) is 0 Å². The van der Waals surface area contributed by atoms with Gasteiger partial charge in [0.25, 0.3) is 0 Å². The zero-order valence-electron chi connectivity index (χ0n) is 8.23. The highest BCUT2D eigenvalue weighted by atomic mass is 16.1. The zero-order valence-corrected chi connectivity index (χ0v) is 8.23. The molecule has 2 unspecified atom stereocenters. The lowest BCUT2D eigenvalue weighted by molar-refractivity contribution is 0.0932. The molecule has 0 saturated heterocycles. The molecule has 2 atom stereocenters. The van der Waals surface area contributed by atoms with Gasteiger partial charge in [0, 0.05) is 23.6 Å². The van der Waals surface area contributed by atoms with Gasteiger partial charge in [-0.05, 0) is 18.9 Å². The Morgan fingerprint density at radius 1 is 1.40 bits per heavy atom. The number of nitrogens with zero attached hydrogens (tertiary/aromatic N) is 2. The van der Waals surface area contributed by atoms with Crippen LogP contribution in [0.15, 0.2) is 12.3 Å². The number of hydrogen-bond acceptors (Lipinski definition) is 3. The average Bonchev–Trinajstić information content (AvgIpc) is 2.83. The van der Waals surface area contributed by atoms with Crippen molar-refractivity contribution >= 4 is 5.78 Å². The molecule has 0 aromatic carbocycles. The predicted molar refractivity (Wildman–Crippen MR) is 53.4 cm³/mol. The van der Waals surface area contributed by atoms with Gasteiger partial charge in [0.1, 0.15) is 6.07 Å². The first-order valence-electron chi connectivity index (χ1n) is 5.25. The summed E-state index contributed by atoms with van der Waals surface area (Å²) in [4.78, 5) is 16.3. The minimum atomic E-state index is 0.154. The van der Waals surface area contributed by atoms with E-state index in [1.54, 1.807) is 12.3 Å². The van der Waals surface area contributed by atoms with Crippen LogP contribution in [0.3, 0.4) is 0 Å². The van der Waals surface area contributed by atoms with E-state index in [0.29, 0.717) is 17.0 Å². The Bertz CT molecular complexity index is 487. The van der Waals surface area contributed by atoms with E-state index in [9.17, 15) is 4.79 Å². The van der Waals surface area contributed by atoms with Crippen LogP contribution in [0.1, 0.15) is 46.8 Å². The normalized spacial score (nSPS) is 27.3. The molecule has 0 N–H and O–H groups in total. The number of carbonyl (C=O) groups is 1. The van der Waals surface area contributed by atoms with Crippen molar-refractivity contribution < 1.29 is 4.79 Å². The van der Waals surface area contributed by atoms with E-state index in [2.05, 4.69) is 4.98 Å². The van der Waals surface area contributed by atoms with Gasteiger partial charge in [-0.1, -0.05) is 6.42 Å². The summed E-state index contributed by atoms with van der Waals surface area (Å²) in [6.07, 6.45) is 4.76. The molecule has 3 heteroatoms. The number of rotatable bonds is 0. The first-order valence-corrected chi connectivity index (χ1v) is 5.25. The van der Waals surface area contributed by atoms with Gasteiger partial charge in [0.2, 0.25) is 0 Å². The van der Waals surface area contributed by atoms with Crippen molar-refractivity contribution in [1.82, 2.24) is 4.98 Å². The van der Waals surface area contributed by atoms with Gasteiger partial charge < -0.3 is 0 Å². The van der Waals surface area contributed by atoms with Gasteiger partial charge in [-0.3, -0.25) is 9.78 Å². The van der Waals surface area contributed by atoms with Crippen LogP contribution in [0.4, 0.5) is 0 Å². The van der Waals surface area contributed by atoms with E-state index in [4.69, 9.17) is 5.26 Å². The van der Waals surface area contributed by atoms with Crippen LogP contribution >= 0.6 is 0 Å². The highest BCUT2D eigenvalue weighted by molar-refractivity contribution is 6.03. The second-order valence-electron chi connectivity index (χ2n) is 4.28. The fourth-order valence-corrected chi connectivity index (χ4v) is 2.83. The Morgan fingerprint density at radius 2 is 2.20 bits per heavy atom. The average molecular weight is 198 g/mol. The SMILES string of the molecule is N#Cc1cnc2c(c1)C(=O)C1CCCC21. The highest BCUT2D eigenvalue weighted by Crippen LogP contribution is 2.47. The number of nitriles is 1. The standard InChI is InChI=1S/C12H10N2O/c13-5-7-4-10-11(14-6-7)8-2-1-3-9(8)12(10)15/h4,6,8-9H,1-3H2. The summed E-state index contributed by atoms with van der Waals surface area (Å²) in [6.45, 7) is 0. The second-order valence-corrected chi connectivity index (χ2v) is 4.28. The Balaban J connectivity index is 2.16. The molecular formula is C12H10N2O. The van der Waals surface area contributed by atoms with Crippen molar-refractivity contribution in [2.75, 3.05) is 0 Å². The molecule has 1 aromatic heterocycles. The summed E-state index contributed by atoms with van der Waals surface area (Å²) < 4.78 is 0. The second kappa shape index (κ2) is 2.90. The number of hydrogen-bond donors (Lipinski definition) is 0. The van der Waals surface area contributed by atoms with E-state index in [0.717, 1.165) is 25.0 Å². The molecule has 74 valence electrons. The minimum absolute atomic E-state index is 0.154. The number of fused-ring (bicyclic) bond motifs is 3. The molecule has 0 spiro atoms. The van der Waals surface area contributed by atoms with Crippen LogP contribution in [-0.4, -0.2) is 10.8 Å². The summed E-state index contributed by atoms with van der Waals surface area (Å²) in [5, 5.41) is 8.76. The molecule has 1 saturated carbocycles. The first-order chi connectivity index (χ1) is 7.31. The first kappa shape index (κ1) is 8.60. The maximum atomic E-state index is 12.0. The van der Waals surface area contributed by atoms with Crippen molar-refractivity contribution in [3.05, 3.63) is 29.1 Å². The maximum Gasteiger partial charge on any atom is 0.168 e. The van der Waals surface area contributed by atoms with Crippen molar-refractivity contribution in [2.45, 2.75) is 25.2 Å². The van der Waals surface area contributed by atoms with E-state index in [-0.39, 0.29) is 11.7 Å². The van der Waals surface area contributed by atoms with Crippen LogP contribution in [0, 0.1) is 17.2 Å². The molecule has 1 heterocycles. The number of aromatic nitrogens is 1. The monoisotopic (exact) mass is 198 g/mol. The van der Waals surface area contributed by atoms with Gasteiger partial charge in [0.05, 0.1) is 11.3 Å². The smallest absolute Gasteiger partial charge is 0.168 e.